The molecule has 1 heterocycles. The van der Waals surface area contributed by atoms with E-state index in [1.165, 1.54) is 15.6 Å². The summed E-state index contributed by atoms with van der Waals surface area (Å²) in [6, 6.07) is 15.9. The van der Waals surface area contributed by atoms with Gasteiger partial charge in [-0.05, 0) is 29.0 Å². The van der Waals surface area contributed by atoms with Crippen LogP contribution in [0.1, 0.15) is 11.1 Å². The van der Waals surface area contributed by atoms with Gasteiger partial charge in [-0.25, -0.2) is 0 Å². The molecule has 2 N–H and O–H groups in total. The van der Waals surface area contributed by atoms with E-state index in [1.54, 1.807) is 11.3 Å². The van der Waals surface area contributed by atoms with E-state index in [0.717, 1.165) is 11.3 Å². The Kier molecular flexibility index (Phi) is 3.67. The van der Waals surface area contributed by atoms with Crippen LogP contribution in [0.2, 0.25) is 0 Å². The minimum atomic E-state index is 0.357. The summed E-state index contributed by atoms with van der Waals surface area (Å²) < 4.78 is 7.16. The lowest BCUT2D eigenvalue weighted by Crippen LogP contribution is -2.11. The number of hydrogen-bond donors (Lipinski definition) is 1. The lowest BCUT2D eigenvalue weighted by Gasteiger charge is -2.10. The number of para-hydroxylation sites is 1. The standard InChI is InChI=1S/C16H13NOS2/c17-16(19)13-6-1-3-7-14(13)18-9-11-10-20-15-8-4-2-5-12(11)15/h1-8,10H,9H2,(H2,17,19). The summed E-state index contributed by atoms with van der Waals surface area (Å²) >= 11 is 6.77. The van der Waals surface area contributed by atoms with Crippen LogP contribution in [-0.4, -0.2) is 4.99 Å². The van der Waals surface area contributed by atoms with Crippen molar-refractivity contribution in [2.45, 2.75) is 6.61 Å². The van der Waals surface area contributed by atoms with Crippen LogP contribution < -0.4 is 10.5 Å². The van der Waals surface area contributed by atoms with Crippen molar-refractivity contribution in [1.29, 1.82) is 0 Å². The van der Waals surface area contributed by atoms with Crippen LogP contribution in [0.4, 0.5) is 0 Å². The number of ether oxygens (including phenoxy) is 1. The van der Waals surface area contributed by atoms with Crippen LogP contribution in [0.5, 0.6) is 5.75 Å². The average molecular weight is 299 g/mol. The number of nitrogens with two attached hydrogens (primary N) is 1. The number of thiocarbonyl (C=S) groups is 1. The third-order valence-corrected chi connectivity index (χ3v) is 4.33. The second-order valence-electron chi connectivity index (χ2n) is 4.41. The Labute approximate surface area is 126 Å². The van der Waals surface area contributed by atoms with Gasteiger partial charge in [0.15, 0.2) is 0 Å². The fourth-order valence-corrected chi connectivity index (χ4v) is 3.21. The Balaban J connectivity index is 1.85. The molecule has 0 fully saturated rings. The summed E-state index contributed by atoms with van der Waals surface area (Å²) in [5, 5.41) is 3.37. The molecule has 4 heteroatoms. The summed E-state index contributed by atoms with van der Waals surface area (Å²) in [6.07, 6.45) is 0. The molecule has 0 aliphatic heterocycles. The van der Waals surface area contributed by atoms with Crippen LogP contribution in [0.25, 0.3) is 10.1 Å². The maximum Gasteiger partial charge on any atom is 0.129 e. The van der Waals surface area contributed by atoms with Gasteiger partial charge in [-0.2, -0.15) is 0 Å². The van der Waals surface area contributed by atoms with Crippen molar-refractivity contribution in [3.8, 4) is 5.75 Å². The van der Waals surface area contributed by atoms with Crippen molar-refractivity contribution in [2.24, 2.45) is 5.73 Å². The molecule has 3 rings (SSSR count). The van der Waals surface area contributed by atoms with E-state index in [0.29, 0.717) is 11.6 Å². The molecule has 0 aliphatic rings. The quantitative estimate of drug-likeness (QED) is 0.736. The monoisotopic (exact) mass is 299 g/mol. The highest BCUT2D eigenvalue weighted by Crippen LogP contribution is 2.27. The van der Waals surface area contributed by atoms with Crippen molar-refractivity contribution in [3.05, 3.63) is 65.0 Å². The highest BCUT2D eigenvalue weighted by Gasteiger charge is 2.08. The summed E-state index contributed by atoms with van der Waals surface area (Å²) in [4.78, 5) is 0.357. The summed E-state index contributed by atoms with van der Waals surface area (Å²) in [7, 11) is 0. The molecule has 0 atom stereocenters. The first-order valence-corrected chi connectivity index (χ1v) is 7.51. The highest BCUT2D eigenvalue weighted by atomic mass is 32.1. The molecule has 0 aliphatic carbocycles. The van der Waals surface area contributed by atoms with Crippen molar-refractivity contribution in [1.82, 2.24) is 0 Å². The molecule has 0 spiro atoms. The van der Waals surface area contributed by atoms with Crippen LogP contribution in [0, 0.1) is 0 Å². The molecule has 2 nitrogen and oxygen atoms in total. The maximum atomic E-state index is 5.89. The molecule has 0 amide bonds. The third-order valence-electron chi connectivity index (χ3n) is 3.10. The fraction of sp³-hybridized carbons (Fsp3) is 0.0625. The summed E-state index contributed by atoms with van der Waals surface area (Å²) in [6.45, 7) is 0.518. The second kappa shape index (κ2) is 5.61. The Hall–Kier alpha value is -1.91. The smallest absolute Gasteiger partial charge is 0.129 e. The summed E-state index contributed by atoms with van der Waals surface area (Å²) in [5.41, 5.74) is 7.67. The SMILES string of the molecule is NC(=S)c1ccccc1OCc1csc2ccccc12. The highest BCUT2D eigenvalue weighted by molar-refractivity contribution is 7.80. The van der Waals surface area contributed by atoms with Gasteiger partial charge in [0, 0.05) is 10.3 Å². The molecule has 0 saturated carbocycles. The van der Waals surface area contributed by atoms with Crippen LogP contribution >= 0.6 is 23.6 Å². The van der Waals surface area contributed by atoms with Gasteiger partial charge in [-0.3, -0.25) is 0 Å². The molecule has 0 bridgehead atoms. The van der Waals surface area contributed by atoms with Crippen molar-refractivity contribution in [3.63, 3.8) is 0 Å². The Morgan fingerprint density at radius 1 is 1.10 bits per heavy atom. The molecule has 3 aromatic rings. The number of rotatable bonds is 4. The number of fused-ring (bicyclic) bond motifs is 1. The Morgan fingerprint density at radius 2 is 1.85 bits per heavy atom. The molecule has 1 aromatic heterocycles. The minimum absolute atomic E-state index is 0.357. The van der Waals surface area contributed by atoms with Crippen molar-refractivity contribution in [2.75, 3.05) is 0 Å². The summed E-state index contributed by atoms with van der Waals surface area (Å²) in [5.74, 6) is 0.732. The van der Waals surface area contributed by atoms with Gasteiger partial charge in [0.05, 0.1) is 5.56 Å². The Morgan fingerprint density at radius 3 is 2.70 bits per heavy atom. The first-order valence-electron chi connectivity index (χ1n) is 6.22. The molecule has 20 heavy (non-hydrogen) atoms. The van der Waals surface area contributed by atoms with Crippen LogP contribution in [-0.2, 0) is 6.61 Å². The molecule has 0 saturated heterocycles. The van der Waals surface area contributed by atoms with Crippen LogP contribution in [0.15, 0.2) is 53.9 Å². The van der Waals surface area contributed by atoms with E-state index in [1.807, 2.05) is 36.4 Å². The number of hydrogen-bond acceptors (Lipinski definition) is 3. The van der Waals surface area contributed by atoms with E-state index in [-0.39, 0.29) is 0 Å². The van der Waals surface area contributed by atoms with Gasteiger partial charge < -0.3 is 10.5 Å². The van der Waals surface area contributed by atoms with Gasteiger partial charge in [0.1, 0.15) is 17.3 Å². The van der Waals surface area contributed by atoms with Crippen LogP contribution in [0.3, 0.4) is 0 Å². The molecule has 100 valence electrons. The fourth-order valence-electron chi connectivity index (χ4n) is 2.10. The Bertz CT molecular complexity index is 764. The average Bonchev–Trinajstić information content (AvgIpc) is 2.88. The van der Waals surface area contributed by atoms with E-state index < -0.39 is 0 Å². The van der Waals surface area contributed by atoms with Gasteiger partial charge in [-0.1, -0.05) is 42.5 Å². The van der Waals surface area contributed by atoms with E-state index >= 15 is 0 Å². The van der Waals surface area contributed by atoms with Crippen molar-refractivity contribution < 1.29 is 4.74 Å². The lowest BCUT2D eigenvalue weighted by molar-refractivity contribution is 0.307. The molecule has 2 aromatic carbocycles. The first-order chi connectivity index (χ1) is 9.75. The normalized spacial score (nSPS) is 10.6. The molecular weight excluding hydrogens is 286 g/mol. The molecule has 0 unspecified atom stereocenters. The number of thiophene rings is 1. The minimum Gasteiger partial charge on any atom is -0.488 e. The van der Waals surface area contributed by atoms with E-state index in [9.17, 15) is 0 Å². The van der Waals surface area contributed by atoms with Gasteiger partial charge in [-0.15, -0.1) is 11.3 Å². The molecule has 0 radical (unpaired) electrons. The van der Waals surface area contributed by atoms with Crippen molar-refractivity contribution >= 4 is 38.6 Å². The predicted octanol–water partition coefficient (Wildman–Crippen LogP) is 4.11. The second-order valence-corrected chi connectivity index (χ2v) is 5.76. The van der Waals surface area contributed by atoms with E-state index in [2.05, 4.69) is 17.5 Å². The zero-order valence-electron chi connectivity index (χ0n) is 10.7. The zero-order chi connectivity index (χ0) is 13.9. The largest absolute Gasteiger partial charge is 0.488 e. The van der Waals surface area contributed by atoms with Gasteiger partial charge in [0.25, 0.3) is 0 Å². The predicted molar refractivity (Wildman–Crippen MR) is 88.5 cm³/mol. The van der Waals surface area contributed by atoms with E-state index in [4.69, 9.17) is 22.7 Å². The zero-order valence-corrected chi connectivity index (χ0v) is 12.3. The maximum absolute atomic E-state index is 5.89. The van der Waals surface area contributed by atoms with Gasteiger partial charge >= 0.3 is 0 Å². The lowest BCUT2D eigenvalue weighted by atomic mass is 10.2. The van der Waals surface area contributed by atoms with Gasteiger partial charge in [0.2, 0.25) is 0 Å². The molecular formula is C16H13NOS2. The number of benzene rings is 2. The first kappa shape index (κ1) is 13.1. The third kappa shape index (κ3) is 2.53. The topological polar surface area (TPSA) is 35.2 Å².